The predicted molar refractivity (Wildman–Crippen MR) is 132 cm³/mol. The molecule has 0 aliphatic carbocycles. The number of piperidine rings is 1. The number of hydrogen-bond acceptors (Lipinski definition) is 4. The molecule has 3 N–H and O–H groups in total. The second kappa shape index (κ2) is 10.9. The van der Waals surface area contributed by atoms with Crippen LogP contribution >= 0.6 is 0 Å². The lowest BCUT2D eigenvalue weighted by Gasteiger charge is -2.32. The molecule has 2 aromatic carbocycles. The first kappa shape index (κ1) is 24.1. The van der Waals surface area contributed by atoms with E-state index in [9.17, 15) is 14.4 Å². The van der Waals surface area contributed by atoms with Crippen LogP contribution < -0.4 is 16.0 Å². The standard InChI is InChI=1S/C26H30N6O3/c1-18-2-5-22(16-23(18)30-25(34)28-10-14-32-15-11-29-26(32)35)24(33)31-12-8-21(9-13-31)20-6-3-19(17-27)4-7-20/h2-7,16,21H,8-15H2,1H3,(H,29,35)(H2,28,30,34). The van der Waals surface area contributed by atoms with E-state index in [2.05, 4.69) is 22.0 Å². The molecule has 0 saturated carbocycles. The van der Waals surface area contributed by atoms with Gasteiger partial charge in [-0.1, -0.05) is 18.2 Å². The summed E-state index contributed by atoms with van der Waals surface area (Å²) < 4.78 is 0. The minimum absolute atomic E-state index is 0.0493. The maximum Gasteiger partial charge on any atom is 0.319 e. The number of nitrogens with zero attached hydrogens (tertiary/aromatic N) is 3. The van der Waals surface area contributed by atoms with Crippen molar-refractivity contribution in [3.8, 4) is 6.07 Å². The quantitative estimate of drug-likeness (QED) is 0.596. The number of hydrogen-bond donors (Lipinski definition) is 3. The van der Waals surface area contributed by atoms with E-state index in [1.165, 1.54) is 5.56 Å². The fourth-order valence-corrected chi connectivity index (χ4v) is 4.51. The fourth-order valence-electron chi connectivity index (χ4n) is 4.51. The Bertz CT molecular complexity index is 1130. The number of aryl methyl sites for hydroxylation is 1. The lowest BCUT2D eigenvalue weighted by molar-refractivity contribution is 0.0713. The molecular weight excluding hydrogens is 444 g/mol. The fraction of sp³-hybridized carbons (Fsp3) is 0.385. The number of amides is 5. The van der Waals surface area contributed by atoms with Crippen molar-refractivity contribution < 1.29 is 14.4 Å². The van der Waals surface area contributed by atoms with Crippen molar-refractivity contribution in [3.05, 3.63) is 64.7 Å². The molecule has 182 valence electrons. The monoisotopic (exact) mass is 474 g/mol. The third-order valence-electron chi connectivity index (χ3n) is 6.64. The Morgan fingerprint density at radius 3 is 2.51 bits per heavy atom. The summed E-state index contributed by atoms with van der Waals surface area (Å²) in [7, 11) is 0. The van der Waals surface area contributed by atoms with Crippen LogP contribution in [0.25, 0.3) is 0 Å². The van der Waals surface area contributed by atoms with Gasteiger partial charge in [0.2, 0.25) is 0 Å². The summed E-state index contributed by atoms with van der Waals surface area (Å²) in [6.45, 7) is 5.23. The van der Waals surface area contributed by atoms with Gasteiger partial charge in [-0.3, -0.25) is 4.79 Å². The third-order valence-corrected chi connectivity index (χ3v) is 6.64. The van der Waals surface area contributed by atoms with E-state index in [1.54, 1.807) is 17.0 Å². The second-order valence-corrected chi connectivity index (χ2v) is 8.93. The maximum atomic E-state index is 13.1. The first-order chi connectivity index (χ1) is 16.9. The van der Waals surface area contributed by atoms with Crippen molar-refractivity contribution in [1.29, 1.82) is 5.26 Å². The van der Waals surface area contributed by atoms with Crippen LogP contribution in [0.1, 0.15) is 45.8 Å². The van der Waals surface area contributed by atoms with Crippen molar-refractivity contribution >= 4 is 23.7 Å². The van der Waals surface area contributed by atoms with Crippen molar-refractivity contribution in [2.24, 2.45) is 0 Å². The molecule has 0 aromatic heterocycles. The topological polar surface area (TPSA) is 118 Å². The molecule has 2 heterocycles. The van der Waals surface area contributed by atoms with E-state index in [-0.39, 0.29) is 18.0 Å². The first-order valence-corrected chi connectivity index (χ1v) is 11.9. The molecule has 0 spiro atoms. The molecule has 2 aliphatic rings. The molecule has 2 saturated heterocycles. The molecule has 4 rings (SSSR count). The van der Waals surface area contributed by atoms with E-state index in [4.69, 9.17) is 5.26 Å². The molecule has 9 heteroatoms. The number of carbonyl (C=O) groups excluding carboxylic acids is 3. The van der Waals surface area contributed by atoms with Crippen LogP contribution in [0.5, 0.6) is 0 Å². The number of urea groups is 2. The van der Waals surface area contributed by atoms with Crippen LogP contribution in [0, 0.1) is 18.3 Å². The molecule has 0 atom stereocenters. The van der Waals surface area contributed by atoms with Gasteiger partial charge >= 0.3 is 12.1 Å². The molecule has 0 bridgehead atoms. The Kier molecular flexibility index (Phi) is 7.51. The Morgan fingerprint density at radius 1 is 1.11 bits per heavy atom. The van der Waals surface area contributed by atoms with E-state index in [1.807, 2.05) is 42.2 Å². The zero-order valence-corrected chi connectivity index (χ0v) is 19.8. The van der Waals surface area contributed by atoms with Gasteiger partial charge in [-0.25, -0.2) is 9.59 Å². The number of rotatable bonds is 6. The van der Waals surface area contributed by atoms with E-state index in [0.717, 1.165) is 18.4 Å². The summed E-state index contributed by atoms with van der Waals surface area (Å²) in [5.41, 5.74) is 3.83. The lowest BCUT2D eigenvalue weighted by atomic mass is 9.89. The lowest BCUT2D eigenvalue weighted by Crippen LogP contribution is -2.39. The molecule has 5 amide bonds. The number of anilines is 1. The molecule has 2 aliphatic heterocycles. The van der Waals surface area contributed by atoms with E-state index >= 15 is 0 Å². The van der Waals surface area contributed by atoms with Crippen molar-refractivity contribution in [3.63, 3.8) is 0 Å². The normalized spacial score (nSPS) is 15.9. The van der Waals surface area contributed by atoms with Gasteiger partial charge < -0.3 is 25.8 Å². The zero-order valence-electron chi connectivity index (χ0n) is 19.8. The van der Waals surface area contributed by atoms with Crippen LogP contribution in [0.3, 0.4) is 0 Å². The van der Waals surface area contributed by atoms with E-state index in [0.29, 0.717) is 62.0 Å². The van der Waals surface area contributed by atoms with Crippen LogP contribution in [0.15, 0.2) is 42.5 Å². The van der Waals surface area contributed by atoms with Gasteiger partial charge in [0.1, 0.15) is 0 Å². The van der Waals surface area contributed by atoms with Gasteiger partial charge in [0.25, 0.3) is 5.91 Å². The minimum atomic E-state index is -0.375. The third kappa shape index (κ3) is 5.90. The SMILES string of the molecule is Cc1ccc(C(=O)N2CCC(c3ccc(C#N)cc3)CC2)cc1NC(=O)NCCN1CCNC1=O. The zero-order chi connectivity index (χ0) is 24.8. The average Bonchev–Trinajstić information content (AvgIpc) is 3.29. The Hall–Kier alpha value is -4.06. The largest absolute Gasteiger partial charge is 0.339 e. The van der Waals surface area contributed by atoms with Crippen LogP contribution in [0.2, 0.25) is 0 Å². The Balaban J connectivity index is 1.30. The highest BCUT2D eigenvalue weighted by atomic mass is 16.2. The molecule has 2 aromatic rings. The molecule has 9 nitrogen and oxygen atoms in total. The number of nitriles is 1. The highest BCUT2D eigenvalue weighted by Crippen LogP contribution is 2.29. The molecule has 35 heavy (non-hydrogen) atoms. The van der Waals surface area contributed by atoms with Crippen molar-refractivity contribution in [1.82, 2.24) is 20.4 Å². The number of likely N-dealkylation sites (tertiary alicyclic amines) is 1. The van der Waals surface area contributed by atoms with Crippen LogP contribution in [-0.4, -0.2) is 67.0 Å². The summed E-state index contributed by atoms with van der Waals surface area (Å²) in [4.78, 5) is 40.6. The van der Waals surface area contributed by atoms with Crippen molar-refractivity contribution in [2.45, 2.75) is 25.7 Å². The van der Waals surface area contributed by atoms with Gasteiger partial charge in [-0.2, -0.15) is 5.26 Å². The number of nitrogens with one attached hydrogen (secondary N) is 3. The van der Waals surface area contributed by atoms with Crippen LogP contribution in [-0.2, 0) is 0 Å². The minimum Gasteiger partial charge on any atom is -0.339 e. The summed E-state index contributed by atoms with van der Waals surface area (Å²) in [5.74, 6) is 0.323. The summed E-state index contributed by atoms with van der Waals surface area (Å²) in [6.07, 6.45) is 1.73. The van der Waals surface area contributed by atoms with Gasteiger partial charge in [-0.15, -0.1) is 0 Å². The average molecular weight is 475 g/mol. The molecule has 2 fully saturated rings. The van der Waals surface area contributed by atoms with Gasteiger partial charge in [0.15, 0.2) is 0 Å². The molecular formula is C26H30N6O3. The summed E-state index contributed by atoms with van der Waals surface area (Å²) >= 11 is 0. The molecule has 0 unspecified atom stereocenters. The highest BCUT2D eigenvalue weighted by molar-refractivity contribution is 5.97. The Labute approximate surface area is 205 Å². The van der Waals surface area contributed by atoms with Crippen LogP contribution in [0.4, 0.5) is 15.3 Å². The first-order valence-electron chi connectivity index (χ1n) is 11.9. The second-order valence-electron chi connectivity index (χ2n) is 8.93. The van der Waals surface area contributed by atoms with Gasteiger partial charge in [0.05, 0.1) is 11.6 Å². The van der Waals surface area contributed by atoms with Gasteiger partial charge in [0, 0.05) is 50.5 Å². The maximum absolute atomic E-state index is 13.1. The molecule has 0 radical (unpaired) electrons. The number of carbonyl (C=O) groups is 3. The van der Waals surface area contributed by atoms with E-state index < -0.39 is 0 Å². The highest BCUT2D eigenvalue weighted by Gasteiger charge is 2.25. The smallest absolute Gasteiger partial charge is 0.319 e. The summed E-state index contributed by atoms with van der Waals surface area (Å²) in [6, 6.07) is 14.7. The number of benzene rings is 2. The van der Waals surface area contributed by atoms with Crippen molar-refractivity contribution in [2.75, 3.05) is 44.6 Å². The predicted octanol–water partition coefficient (Wildman–Crippen LogP) is 3.03. The van der Waals surface area contributed by atoms with Gasteiger partial charge in [-0.05, 0) is 61.1 Å². The summed E-state index contributed by atoms with van der Waals surface area (Å²) in [5, 5.41) is 17.3. The Morgan fingerprint density at radius 2 is 1.86 bits per heavy atom.